The minimum atomic E-state index is -0.202. The summed E-state index contributed by atoms with van der Waals surface area (Å²) in [5.41, 5.74) is 1.53. The Balaban J connectivity index is 1.78. The van der Waals surface area contributed by atoms with Crippen LogP contribution in [0.3, 0.4) is 0 Å². The van der Waals surface area contributed by atoms with Crippen molar-refractivity contribution in [3.63, 3.8) is 0 Å². The van der Waals surface area contributed by atoms with E-state index in [4.69, 9.17) is 21.1 Å². The number of halogens is 1. The van der Waals surface area contributed by atoms with Gasteiger partial charge in [-0.15, -0.1) is 0 Å². The first-order valence-corrected chi connectivity index (χ1v) is 7.86. The maximum absolute atomic E-state index is 12.7. The Kier molecular flexibility index (Phi) is 4.84. The third kappa shape index (κ3) is 3.49. The predicted octanol–water partition coefficient (Wildman–Crippen LogP) is 3.56. The standard InChI is InChI=1S/C18H18ClNO3/c1-22-14-6-4-5-13(11-14)18(21)20-9-10-23-17(12-20)15-7-2-3-8-16(15)19/h2-8,11,17H,9-10,12H2,1H3. The molecule has 0 aromatic heterocycles. The summed E-state index contributed by atoms with van der Waals surface area (Å²) in [6, 6.07) is 14.8. The SMILES string of the molecule is COc1cccc(C(=O)N2CCOC(c3ccccc3Cl)C2)c1. The molecule has 23 heavy (non-hydrogen) atoms. The van der Waals surface area contributed by atoms with Crippen LogP contribution in [-0.2, 0) is 4.74 Å². The number of methoxy groups -OCH3 is 1. The molecule has 1 heterocycles. The van der Waals surface area contributed by atoms with Crippen molar-refractivity contribution in [2.75, 3.05) is 26.8 Å². The van der Waals surface area contributed by atoms with Gasteiger partial charge < -0.3 is 14.4 Å². The van der Waals surface area contributed by atoms with E-state index in [2.05, 4.69) is 0 Å². The fraction of sp³-hybridized carbons (Fsp3) is 0.278. The monoisotopic (exact) mass is 331 g/mol. The van der Waals surface area contributed by atoms with Crippen molar-refractivity contribution >= 4 is 17.5 Å². The number of carbonyl (C=O) groups is 1. The summed E-state index contributed by atoms with van der Waals surface area (Å²) in [7, 11) is 1.59. The molecular weight excluding hydrogens is 314 g/mol. The van der Waals surface area contributed by atoms with Crippen LogP contribution >= 0.6 is 11.6 Å². The summed E-state index contributed by atoms with van der Waals surface area (Å²) >= 11 is 6.24. The molecule has 4 nitrogen and oxygen atoms in total. The van der Waals surface area contributed by atoms with Gasteiger partial charge in [0.15, 0.2) is 0 Å². The molecule has 0 saturated carbocycles. The highest BCUT2D eigenvalue weighted by Crippen LogP contribution is 2.29. The van der Waals surface area contributed by atoms with Gasteiger partial charge in [-0.1, -0.05) is 35.9 Å². The van der Waals surface area contributed by atoms with Crippen molar-refractivity contribution in [3.05, 3.63) is 64.7 Å². The fourth-order valence-corrected chi connectivity index (χ4v) is 2.95. The number of rotatable bonds is 3. The van der Waals surface area contributed by atoms with Gasteiger partial charge in [-0.3, -0.25) is 4.79 Å². The molecule has 2 aromatic rings. The number of carbonyl (C=O) groups excluding carboxylic acids is 1. The van der Waals surface area contributed by atoms with Crippen LogP contribution in [0, 0.1) is 0 Å². The van der Waals surface area contributed by atoms with Crippen LogP contribution < -0.4 is 4.74 Å². The van der Waals surface area contributed by atoms with E-state index in [0.717, 1.165) is 5.56 Å². The van der Waals surface area contributed by atoms with Crippen LogP contribution in [0.2, 0.25) is 5.02 Å². The first-order valence-electron chi connectivity index (χ1n) is 7.48. The largest absolute Gasteiger partial charge is 0.497 e. The lowest BCUT2D eigenvalue weighted by Crippen LogP contribution is -2.42. The highest BCUT2D eigenvalue weighted by molar-refractivity contribution is 6.31. The van der Waals surface area contributed by atoms with Crippen LogP contribution in [0.4, 0.5) is 0 Å². The summed E-state index contributed by atoms with van der Waals surface area (Å²) in [6.45, 7) is 1.54. The summed E-state index contributed by atoms with van der Waals surface area (Å²) in [5.74, 6) is 0.649. The van der Waals surface area contributed by atoms with Crippen LogP contribution in [0.1, 0.15) is 22.0 Å². The minimum Gasteiger partial charge on any atom is -0.497 e. The van der Waals surface area contributed by atoms with Gasteiger partial charge in [-0.2, -0.15) is 0 Å². The molecule has 0 N–H and O–H groups in total. The third-order valence-corrected chi connectivity index (χ3v) is 4.27. The highest BCUT2D eigenvalue weighted by atomic mass is 35.5. The molecule has 1 atom stereocenters. The van der Waals surface area contributed by atoms with E-state index in [1.807, 2.05) is 36.4 Å². The molecule has 1 saturated heterocycles. The zero-order valence-corrected chi connectivity index (χ0v) is 13.6. The van der Waals surface area contributed by atoms with Crippen molar-refractivity contribution in [2.24, 2.45) is 0 Å². The van der Waals surface area contributed by atoms with Gasteiger partial charge in [0.1, 0.15) is 11.9 Å². The maximum Gasteiger partial charge on any atom is 0.254 e. The van der Waals surface area contributed by atoms with Crippen molar-refractivity contribution < 1.29 is 14.3 Å². The number of nitrogens with zero attached hydrogens (tertiary/aromatic N) is 1. The zero-order chi connectivity index (χ0) is 16.2. The average molecular weight is 332 g/mol. The van der Waals surface area contributed by atoms with Crippen LogP contribution in [0.5, 0.6) is 5.75 Å². The molecule has 1 amide bonds. The molecule has 1 unspecified atom stereocenters. The topological polar surface area (TPSA) is 38.8 Å². The van der Waals surface area contributed by atoms with E-state index in [-0.39, 0.29) is 12.0 Å². The molecule has 120 valence electrons. The highest BCUT2D eigenvalue weighted by Gasteiger charge is 2.27. The second kappa shape index (κ2) is 7.02. The van der Waals surface area contributed by atoms with Crippen molar-refractivity contribution in [1.29, 1.82) is 0 Å². The molecule has 1 fully saturated rings. The normalized spacial score (nSPS) is 17.8. The third-order valence-electron chi connectivity index (χ3n) is 3.92. The fourth-order valence-electron chi connectivity index (χ4n) is 2.70. The van der Waals surface area contributed by atoms with E-state index < -0.39 is 0 Å². The van der Waals surface area contributed by atoms with E-state index >= 15 is 0 Å². The molecule has 5 heteroatoms. The van der Waals surface area contributed by atoms with Gasteiger partial charge in [0, 0.05) is 22.7 Å². The van der Waals surface area contributed by atoms with Crippen LogP contribution in [0.15, 0.2) is 48.5 Å². The molecule has 3 rings (SSSR count). The Bertz CT molecular complexity index is 704. The molecule has 0 radical (unpaired) electrons. The summed E-state index contributed by atoms with van der Waals surface area (Å²) in [5, 5.41) is 0.660. The minimum absolute atomic E-state index is 0.0238. The van der Waals surface area contributed by atoms with Crippen LogP contribution in [-0.4, -0.2) is 37.6 Å². The number of morpholine rings is 1. The lowest BCUT2D eigenvalue weighted by Gasteiger charge is -2.33. The van der Waals surface area contributed by atoms with Crippen molar-refractivity contribution in [2.45, 2.75) is 6.10 Å². The number of hydrogen-bond donors (Lipinski definition) is 0. The lowest BCUT2D eigenvalue weighted by atomic mass is 10.1. The van der Waals surface area contributed by atoms with E-state index in [1.165, 1.54) is 0 Å². The Labute approximate surface area is 140 Å². The van der Waals surface area contributed by atoms with Gasteiger partial charge in [-0.05, 0) is 24.3 Å². The van der Waals surface area contributed by atoms with Gasteiger partial charge >= 0.3 is 0 Å². The van der Waals surface area contributed by atoms with Crippen LogP contribution in [0.25, 0.3) is 0 Å². The molecule has 0 aliphatic carbocycles. The smallest absolute Gasteiger partial charge is 0.254 e. The second-order valence-corrected chi connectivity index (χ2v) is 5.77. The lowest BCUT2D eigenvalue weighted by molar-refractivity contribution is -0.0227. The van der Waals surface area contributed by atoms with E-state index in [0.29, 0.717) is 36.0 Å². The van der Waals surface area contributed by atoms with Gasteiger partial charge in [0.05, 0.1) is 20.3 Å². The summed E-state index contributed by atoms with van der Waals surface area (Å²) in [6.07, 6.45) is -0.202. The predicted molar refractivity (Wildman–Crippen MR) is 89.0 cm³/mol. The summed E-state index contributed by atoms with van der Waals surface area (Å²) in [4.78, 5) is 14.5. The first-order chi connectivity index (χ1) is 11.2. The molecule has 1 aliphatic rings. The van der Waals surface area contributed by atoms with Crippen molar-refractivity contribution in [3.8, 4) is 5.75 Å². The van der Waals surface area contributed by atoms with Gasteiger partial charge in [-0.25, -0.2) is 0 Å². The summed E-state index contributed by atoms with van der Waals surface area (Å²) < 4.78 is 11.0. The zero-order valence-electron chi connectivity index (χ0n) is 12.9. The van der Waals surface area contributed by atoms with Gasteiger partial charge in [0.25, 0.3) is 5.91 Å². The number of amides is 1. The number of ether oxygens (including phenoxy) is 2. The van der Waals surface area contributed by atoms with E-state index in [1.54, 1.807) is 24.1 Å². The Morgan fingerprint density at radius 2 is 2.09 bits per heavy atom. The Morgan fingerprint density at radius 1 is 1.26 bits per heavy atom. The first kappa shape index (κ1) is 15.8. The van der Waals surface area contributed by atoms with Gasteiger partial charge in [0.2, 0.25) is 0 Å². The second-order valence-electron chi connectivity index (χ2n) is 5.36. The average Bonchev–Trinajstić information content (AvgIpc) is 2.61. The molecule has 1 aliphatic heterocycles. The molecule has 0 bridgehead atoms. The molecule has 0 spiro atoms. The molecular formula is C18H18ClNO3. The number of hydrogen-bond acceptors (Lipinski definition) is 3. The molecule has 2 aromatic carbocycles. The number of benzene rings is 2. The van der Waals surface area contributed by atoms with Crippen molar-refractivity contribution in [1.82, 2.24) is 4.90 Å². The maximum atomic E-state index is 12.7. The Hall–Kier alpha value is -2.04. The quantitative estimate of drug-likeness (QED) is 0.863. The van der Waals surface area contributed by atoms with E-state index in [9.17, 15) is 4.79 Å². The Morgan fingerprint density at radius 3 is 2.87 bits per heavy atom.